The summed E-state index contributed by atoms with van der Waals surface area (Å²) in [4.78, 5) is 0. The van der Waals surface area contributed by atoms with E-state index < -0.39 is 0 Å². The Morgan fingerprint density at radius 2 is 1.78 bits per heavy atom. The van der Waals surface area contributed by atoms with Crippen LogP contribution in [0.4, 0.5) is 0 Å². The van der Waals surface area contributed by atoms with Gasteiger partial charge < -0.3 is 0 Å². The topological polar surface area (TPSA) is 0 Å². The molecule has 106 valence electrons. The predicted octanol–water partition coefficient (Wildman–Crippen LogP) is 6.22. The van der Waals surface area contributed by atoms with Crippen LogP contribution in [0.3, 0.4) is 0 Å². The van der Waals surface area contributed by atoms with Gasteiger partial charge in [0.25, 0.3) is 0 Å². The molecule has 1 rings (SSSR count). The Balaban J connectivity index is 2.70. The van der Waals surface area contributed by atoms with Gasteiger partial charge in [-0.15, -0.1) is 0 Å². The molecule has 1 fully saturated rings. The Bertz CT molecular complexity index is 282. The second-order valence-corrected chi connectivity index (χ2v) is 8.28. The van der Waals surface area contributed by atoms with E-state index >= 15 is 0 Å². The SMILES string of the molecule is C=C1CC(C(C)(C)CC(C)(C)CCC)C[C@@H](C)C1. The van der Waals surface area contributed by atoms with Crippen LogP contribution in [0.1, 0.15) is 80.1 Å². The zero-order valence-electron chi connectivity index (χ0n) is 13.6. The summed E-state index contributed by atoms with van der Waals surface area (Å²) in [7, 11) is 0. The van der Waals surface area contributed by atoms with E-state index in [1.807, 2.05) is 0 Å². The maximum absolute atomic E-state index is 4.26. The van der Waals surface area contributed by atoms with Crippen LogP contribution in [0.5, 0.6) is 0 Å². The van der Waals surface area contributed by atoms with Gasteiger partial charge in [0.2, 0.25) is 0 Å². The Hall–Kier alpha value is -0.260. The molecule has 0 bridgehead atoms. The van der Waals surface area contributed by atoms with Crippen LogP contribution in [-0.2, 0) is 0 Å². The molecule has 18 heavy (non-hydrogen) atoms. The lowest BCUT2D eigenvalue weighted by Gasteiger charge is -2.44. The van der Waals surface area contributed by atoms with Crippen LogP contribution in [0.15, 0.2) is 12.2 Å². The van der Waals surface area contributed by atoms with Crippen molar-refractivity contribution in [1.82, 2.24) is 0 Å². The van der Waals surface area contributed by atoms with Crippen molar-refractivity contribution >= 4 is 0 Å². The van der Waals surface area contributed by atoms with Crippen molar-refractivity contribution in [2.45, 2.75) is 80.1 Å². The highest BCUT2D eigenvalue weighted by molar-refractivity contribution is 5.04. The van der Waals surface area contributed by atoms with Crippen molar-refractivity contribution in [3.63, 3.8) is 0 Å². The highest BCUT2D eigenvalue weighted by atomic mass is 14.4. The van der Waals surface area contributed by atoms with Crippen LogP contribution in [0.2, 0.25) is 0 Å². The summed E-state index contributed by atoms with van der Waals surface area (Å²) < 4.78 is 0. The van der Waals surface area contributed by atoms with Crippen molar-refractivity contribution in [2.24, 2.45) is 22.7 Å². The lowest BCUT2D eigenvalue weighted by Crippen LogP contribution is -2.33. The molecule has 0 nitrogen and oxygen atoms in total. The summed E-state index contributed by atoms with van der Waals surface area (Å²) in [6.07, 6.45) is 7.91. The van der Waals surface area contributed by atoms with E-state index in [1.54, 1.807) is 0 Å². The first kappa shape index (κ1) is 15.8. The van der Waals surface area contributed by atoms with E-state index in [0.29, 0.717) is 10.8 Å². The molecule has 0 N–H and O–H groups in total. The zero-order valence-corrected chi connectivity index (χ0v) is 13.6. The molecule has 1 aliphatic carbocycles. The van der Waals surface area contributed by atoms with E-state index in [2.05, 4.69) is 48.1 Å². The first-order valence-electron chi connectivity index (χ1n) is 7.83. The first-order chi connectivity index (χ1) is 8.16. The Kier molecular flexibility index (Phi) is 5.09. The molecule has 0 aromatic carbocycles. The largest absolute Gasteiger partial charge is 0.0998 e. The first-order valence-corrected chi connectivity index (χ1v) is 7.83. The summed E-state index contributed by atoms with van der Waals surface area (Å²) in [5.41, 5.74) is 2.43. The maximum atomic E-state index is 4.26. The predicted molar refractivity (Wildman–Crippen MR) is 82.7 cm³/mol. The lowest BCUT2D eigenvalue weighted by molar-refractivity contribution is 0.0865. The molecule has 2 atom stereocenters. The summed E-state index contributed by atoms with van der Waals surface area (Å²) in [5, 5.41) is 0. The fourth-order valence-electron chi connectivity index (χ4n) is 4.32. The molecule has 1 saturated carbocycles. The summed E-state index contributed by atoms with van der Waals surface area (Å²) in [6, 6.07) is 0. The van der Waals surface area contributed by atoms with Crippen LogP contribution < -0.4 is 0 Å². The van der Waals surface area contributed by atoms with Gasteiger partial charge in [0, 0.05) is 0 Å². The monoisotopic (exact) mass is 250 g/mol. The average Bonchev–Trinajstić information content (AvgIpc) is 2.13. The number of allylic oxidation sites excluding steroid dienone is 1. The molecule has 0 aromatic heterocycles. The standard InChI is InChI=1S/C18H34/c1-8-9-17(4,5)13-18(6,7)16-11-14(2)10-15(3)12-16/h15-16H,2,8-13H2,1,3-7H3/t15-,16?/m0/s1. The Morgan fingerprint density at radius 3 is 2.28 bits per heavy atom. The fourth-order valence-corrected chi connectivity index (χ4v) is 4.32. The highest BCUT2D eigenvalue weighted by Crippen LogP contribution is 2.48. The molecular weight excluding hydrogens is 216 g/mol. The van der Waals surface area contributed by atoms with Gasteiger partial charge in [-0.25, -0.2) is 0 Å². The Labute approximate surface area is 115 Å². The van der Waals surface area contributed by atoms with Crippen LogP contribution >= 0.6 is 0 Å². The molecule has 1 unspecified atom stereocenters. The minimum absolute atomic E-state index is 0.455. The summed E-state index contributed by atoms with van der Waals surface area (Å²) in [6.45, 7) is 18.8. The van der Waals surface area contributed by atoms with E-state index in [4.69, 9.17) is 0 Å². The van der Waals surface area contributed by atoms with Gasteiger partial charge in [-0.3, -0.25) is 0 Å². The number of hydrogen-bond acceptors (Lipinski definition) is 0. The normalized spacial score (nSPS) is 26.4. The molecule has 0 heterocycles. The summed E-state index contributed by atoms with van der Waals surface area (Å²) in [5.74, 6) is 1.68. The molecule has 0 amide bonds. The molecule has 0 saturated heterocycles. The number of rotatable bonds is 5. The van der Waals surface area contributed by atoms with Crippen LogP contribution in [0.25, 0.3) is 0 Å². The Morgan fingerprint density at radius 1 is 1.17 bits per heavy atom. The van der Waals surface area contributed by atoms with Crippen molar-refractivity contribution in [3.05, 3.63) is 12.2 Å². The molecule has 0 aromatic rings. The molecule has 0 radical (unpaired) electrons. The number of hydrogen-bond donors (Lipinski definition) is 0. The van der Waals surface area contributed by atoms with Crippen molar-refractivity contribution in [2.75, 3.05) is 0 Å². The molecule has 0 heteroatoms. The van der Waals surface area contributed by atoms with Gasteiger partial charge in [0.1, 0.15) is 0 Å². The van der Waals surface area contributed by atoms with Gasteiger partial charge in [0.15, 0.2) is 0 Å². The fraction of sp³-hybridized carbons (Fsp3) is 0.889. The third-order valence-corrected chi connectivity index (χ3v) is 4.83. The van der Waals surface area contributed by atoms with Gasteiger partial charge in [-0.05, 0) is 54.8 Å². The second-order valence-electron chi connectivity index (χ2n) is 8.28. The summed E-state index contributed by atoms with van der Waals surface area (Å²) >= 11 is 0. The van der Waals surface area contributed by atoms with E-state index in [-0.39, 0.29) is 0 Å². The second kappa shape index (κ2) is 5.80. The van der Waals surface area contributed by atoms with Crippen molar-refractivity contribution < 1.29 is 0 Å². The highest BCUT2D eigenvalue weighted by Gasteiger charge is 2.37. The maximum Gasteiger partial charge on any atom is -0.0289 e. The van der Waals surface area contributed by atoms with Crippen molar-refractivity contribution in [3.8, 4) is 0 Å². The molecule has 0 spiro atoms. The minimum Gasteiger partial charge on any atom is -0.0998 e. The zero-order chi connectivity index (χ0) is 14.0. The van der Waals surface area contributed by atoms with Crippen LogP contribution in [0, 0.1) is 22.7 Å². The smallest absolute Gasteiger partial charge is 0.0289 e. The van der Waals surface area contributed by atoms with Crippen molar-refractivity contribution in [1.29, 1.82) is 0 Å². The minimum atomic E-state index is 0.455. The third-order valence-electron chi connectivity index (χ3n) is 4.83. The lowest BCUT2D eigenvalue weighted by atomic mass is 9.61. The molecular formula is C18H34. The molecule has 1 aliphatic rings. The van der Waals surface area contributed by atoms with E-state index in [1.165, 1.54) is 44.1 Å². The molecule has 0 aliphatic heterocycles. The van der Waals surface area contributed by atoms with Gasteiger partial charge in [-0.2, -0.15) is 0 Å². The van der Waals surface area contributed by atoms with Gasteiger partial charge >= 0.3 is 0 Å². The van der Waals surface area contributed by atoms with Crippen LogP contribution in [-0.4, -0.2) is 0 Å². The third kappa shape index (κ3) is 4.44. The van der Waals surface area contributed by atoms with Gasteiger partial charge in [0.05, 0.1) is 0 Å². The average molecular weight is 250 g/mol. The van der Waals surface area contributed by atoms with E-state index in [0.717, 1.165) is 11.8 Å². The van der Waals surface area contributed by atoms with Gasteiger partial charge in [-0.1, -0.05) is 60.1 Å². The quantitative estimate of drug-likeness (QED) is 0.508. The van der Waals surface area contributed by atoms with E-state index in [9.17, 15) is 0 Å².